The minimum absolute atomic E-state index is 0.0239. The highest BCUT2D eigenvalue weighted by atomic mass is 32.2. The van der Waals surface area contributed by atoms with E-state index in [1.54, 1.807) is 25.7 Å². The maximum absolute atomic E-state index is 13.4. The number of sulfone groups is 1. The Morgan fingerprint density at radius 1 is 1.22 bits per heavy atom. The Morgan fingerprint density at radius 2 is 1.92 bits per heavy atom. The fraction of sp³-hybridized carbons (Fsp3) is 0.500. The molecule has 10 nitrogen and oxygen atoms in total. The number of oxime groups is 1. The van der Waals surface area contributed by atoms with Crippen molar-refractivity contribution >= 4 is 44.0 Å². The van der Waals surface area contributed by atoms with Crippen molar-refractivity contribution in [1.29, 1.82) is 0 Å². The zero-order valence-corrected chi connectivity index (χ0v) is 22.4. The number of hydrogen-bond acceptors (Lipinski definition) is 9. The second-order valence-corrected chi connectivity index (χ2v) is 13.1. The predicted molar refractivity (Wildman–Crippen MR) is 136 cm³/mol. The van der Waals surface area contributed by atoms with Crippen LogP contribution in [0.3, 0.4) is 0 Å². The highest BCUT2D eigenvalue weighted by Gasteiger charge is 2.37. The predicted octanol–water partition coefficient (Wildman–Crippen LogP) is 3.98. The van der Waals surface area contributed by atoms with E-state index in [0.29, 0.717) is 42.7 Å². The molecule has 2 heterocycles. The zero-order valence-electron chi connectivity index (χ0n) is 20.8. The lowest BCUT2D eigenvalue weighted by Crippen LogP contribution is -2.41. The summed E-state index contributed by atoms with van der Waals surface area (Å²) in [6.07, 6.45) is 3.27. The van der Waals surface area contributed by atoms with Gasteiger partial charge in [-0.15, -0.1) is 0 Å². The lowest BCUT2D eigenvalue weighted by Gasteiger charge is -2.28. The van der Waals surface area contributed by atoms with E-state index >= 15 is 0 Å². The lowest BCUT2D eigenvalue weighted by molar-refractivity contribution is -0.110. The molecule has 1 N–H and O–H groups in total. The molecule has 1 aliphatic heterocycles. The van der Waals surface area contributed by atoms with Crippen molar-refractivity contribution in [2.75, 3.05) is 18.5 Å². The molecule has 0 unspecified atom stereocenters. The fourth-order valence-electron chi connectivity index (χ4n) is 3.82. The second kappa shape index (κ2) is 10.7. The van der Waals surface area contributed by atoms with Crippen LogP contribution in [0.5, 0.6) is 0 Å². The van der Waals surface area contributed by atoms with Gasteiger partial charge in [-0.05, 0) is 58.6 Å². The highest BCUT2D eigenvalue weighted by molar-refractivity contribution is 7.92. The molecule has 1 aliphatic carbocycles. The monoisotopic (exact) mass is 552 g/mol. The van der Waals surface area contributed by atoms with E-state index < -0.39 is 32.6 Å². The molecule has 1 saturated heterocycles. The maximum atomic E-state index is 13.4. The van der Waals surface area contributed by atoms with Crippen LogP contribution in [-0.2, 0) is 24.2 Å². The Morgan fingerprint density at radius 3 is 2.51 bits per heavy atom. The number of nitrogens with one attached hydrogen (secondary N) is 1. The molecule has 0 spiro atoms. The van der Waals surface area contributed by atoms with Gasteiger partial charge in [0, 0.05) is 12.1 Å². The van der Waals surface area contributed by atoms with E-state index in [0.717, 1.165) is 12.6 Å². The van der Waals surface area contributed by atoms with Crippen molar-refractivity contribution in [2.24, 2.45) is 5.16 Å². The number of likely N-dealkylation sites (tertiary alicyclic amines) is 1. The second-order valence-electron chi connectivity index (χ2n) is 9.90. The van der Waals surface area contributed by atoms with E-state index in [1.165, 1.54) is 24.3 Å². The van der Waals surface area contributed by atoms with Gasteiger partial charge in [0.15, 0.2) is 25.8 Å². The molecule has 13 heteroatoms. The van der Waals surface area contributed by atoms with Crippen LogP contribution in [0.4, 0.5) is 14.3 Å². The fourth-order valence-corrected chi connectivity index (χ4v) is 6.02. The van der Waals surface area contributed by atoms with Crippen LogP contribution in [0.25, 0.3) is 0 Å². The quantitative estimate of drug-likeness (QED) is 0.388. The van der Waals surface area contributed by atoms with Crippen molar-refractivity contribution in [2.45, 2.75) is 68.2 Å². The summed E-state index contributed by atoms with van der Waals surface area (Å²) in [6.45, 7) is 5.91. The van der Waals surface area contributed by atoms with Crippen molar-refractivity contribution in [3.8, 4) is 0 Å². The first kappa shape index (κ1) is 27.0. The summed E-state index contributed by atoms with van der Waals surface area (Å²) in [5.41, 5.74) is -0.476. The molecule has 0 radical (unpaired) electrons. The maximum Gasteiger partial charge on any atom is 0.410 e. The molecule has 1 aromatic heterocycles. The van der Waals surface area contributed by atoms with E-state index in [9.17, 15) is 22.4 Å². The summed E-state index contributed by atoms with van der Waals surface area (Å²) in [5.74, 6) is -0.706. The van der Waals surface area contributed by atoms with E-state index in [1.807, 2.05) is 0 Å². The Labute approximate surface area is 218 Å². The summed E-state index contributed by atoms with van der Waals surface area (Å²) < 4.78 is 43.9. The third-order valence-corrected chi connectivity index (χ3v) is 8.74. The largest absolute Gasteiger partial charge is 0.444 e. The normalized spacial score (nSPS) is 18.5. The average molecular weight is 553 g/mol. The number of aromatic nitrogens is 1. The van der Waals surface area contributed by atoms with Gasteiger partial charge < -0.3 is 14.5 Å². The Balaban J connectivity index is 1.51. The molecular weight excluding hydrogens is 523 g/mol. The zero-order chi connectivity index (χ0) is 26.8. The molecule has 1 atom stereocenters. The van der Waals surface area contributed by atoms with Gasteiger partial charge in [0.05, 0.1) is 22.4 Å². The molecule has 1 aromatic carbocycles. The average Bonchev–Trinajstić information content (AvgIpc) is 3.46. The molecule has 2 aliphatic rings. The number of thiazole rings is 1. The SMILES string of the molecule is CC(C)(C)OC(=O)N1CCC[C@@H]1CON=C(C(=O)Nc1ncc(F)s1)c1ccc(S(=O)(=O)C2CC2)cc1. The van der Waals surface area contributed by atoms with Gasteiger partial charge in [0.1, 0.15) is 12.2 Å². The number of amides is 2. The topological polar surface area (TPSA) is 127 Å². The number of anilines is 1. The van der Waals surface area contributed by atoms with Crippen LogP contribution in [0.1, 0.15) is 52.0 Å². The number of carbonyl (C=O) groups is 2. The summed E-state index contributed by atoms with van der Waals surface area (Å²) in [6, 6.07) is 5.51. The first-order chi connectivity index (χ1) is 17.4. The van der Waals surface area contributed by atoms with Crippen LogP contribution in [0, 0.1) is 5.13 Å². The third kappa shape index (κ3) is 6.83. The van der Waals surface area contributed by atoms with E-state index in [4.69, 9.17) is 9.57 Å². The van der Waals surface area contributed by atoms with Gasteiger partial charge in [-0.25, -0.2) is 18.2 Å². The number of halogens is 1. The Kier molecular flexibility index (Phi) is 7.83. The van der Waals surface area contributed by atoms with Crippen LogP contribution < -0.4 is 5.32 Å². The van der Waals surface area contributed by atoms with Crippen molar-refractivity contribution in [3.05, 3.63) is 41.2 Å². The van der Waals surface area contributed by atoms with Crippen LogP contribution in [-0.4, -0.2) is 66.1 Å². The van der Waals surface area contributed by atoms with Gasteiger partial charge in [-0.2, -0.15) is 4.39 Å². The number of carbonyl (C=O) groups excluding carboxylic acids is 2. The van der Waals surface area contributed by atoms with Gasteiger partial charge in [0.2, 0.25) is 0 Å². The van der Waals surface area contributed by atoms with E-state index in [-0.39, 0.29) is 33.6 Å². The molecule has 1 saturated carbocycles. The number of hydrogen-bond donors (Lipinski definition) is 1. The minimum Gasteiger partial charge on any atom is -0.444 e. The highest BCUT2D eigenvalue weighted by Crippen LogP contribution is 2.33. The first-order valence-corrected chi connectivity index (χ1v) is 14.3. The van der Waals surface area contributed by atoms with Gasteiger partial charge >= 0.3 is 6.09 Å². The Hall–Kier alpha value is -3.06. The summed E-state index contributed by atoms with van der Waals surface area (Å²) >= 11 is 0.654. The standard InChI is InChI=1S/C24H29FN4O6S2/c1-24(2,3)35-23(31)29-12-4-5-16(29)14-34-28-20(21(30)27-22-26-13-19(25)36-22)15-6-8-17(9-7-15)37(32,33)18-10-11-18/h6-9,13,16,18H,4-5,10-12,14H2,1-3H3,(H,26,27,30)/t16-/m1/s1. The summed E-state index contributed by atoms with van der Waals surface area (Å²) in [4.78, 5) is 36.6. The van der Waals surface area contributed by atoms with Crippen LogP contribution in [0.15, 0.2) is 40.5 Å². The van der Waals surface area contributed by atoms with Crippen molar-refractivity contribution in [3.63, 3.8) is 0 Å². The third-order valence-electron chi connectivity index (χ3n) is 5.76. The van der Waals surface area contributed by atoms with Crippen molar-refractivity contribution < 1.29 is 32.0 Å². The Bertz CT molecular complexity index is 1280. The summed E-state index contributed by atoms with van der Waals surface area (Å²) in [7, 11) is -3.40. The van der Waals surface area contributed by atoms with Gasteiger partial charge in [0.25, 0.3) is 5.91 Å². The molecule has 2 amide bonds. The first-order valence-electron chi connectivity index (χ1n) is 11.9. The van der Waals surface area contributed by atoms with Crippen LogP contribution in [0.2, 0.25) is 0 Å². The number of rotatable bonds is 8. The molecule has 2 aromatic rings. The molecule has 4 rings (SSSR count). The molecule has 0 bridgehead atoms. The molecule has 200 valence electrons. The summed E-state index contributed by atoms with van der Waals surface area (Å²) in [5, 5.41) is 5.61. The molecule has 37 heavy (non-hydrogen) atoms. The van der Waals surface area contributed by atoms with Crippen molar-refractivity contribution in [1.82, 2.24) is 9.88 Å². The van der Waals surface area contributed by atoms with Crippen LogP contribution >= 0.6 is 11.3 Å². The van der Waals surface area contributed by atoms with Gasteiger partial charge in [-0.3, -0.25) is 10.1 Å². The minimum atomic E-state index is -3.40. The lowest BCUT2D eigenvalue weighted by atomic mass is 10.1. The van der Waals surface area contributed by atoms with Gasteiger partial charge in [-0.1, -0.05) is 28.6 Å². The number of benzene rings is 1. The number of nitrogens with zero attached hydrogens (tertiary/aromatic N) is 3. The molecule has 2 fully saturated rings. The molecular formula is C24H29FN4O6S2. The number of ether oxygens (including phenoxy) is 1. The van der Waals surface area contributed by atoms with E-state index in [2.05, 4.69) is 15.5 Å². The smallest absolute Gasteiger partial charge is 0.410 e.